The summed E-state index contributed by atoms with van der Waals surface area (Å²) in [5.74, 6) is -0.148. The number of hydrogen-bond donors (Lipinski definition) is 2. The van der Waals surface area contributed by atoms with Crippen molar-refractivity contribution in [3.63, 3.8) is 0 Å². The molecule has 5 nitrogen and oxygen atoms in total. The molecule has 0 saturated heterocycles. The van der Waals surface area contributed by atoms with Crippen molar-refractivity contribution < 1.29 is 31.1 Å². The van der Waals surface area contributed by atoms with Crippen LogP contribution >= 0.6 is 0 Å². The molecular formula is C23H22F6N4O. The zero-order valence-electron chi connectivity index (χ0n) is 18.7. The van der Waals surface area contributed by atoms with Crippen molar-refractivity contribution in [3.05, 3.63) is 59.7 Å². The molecule has 0 unspecified atom stereocenters. The Morgan fingerprint density at radius 2 is 1.56 bits per heavy atom. The topological polar surface area (TPSA) is 59.1 Å². The molecule has 0 fully saturated rings. The summed E-state index contributed by atoms with van der Waals surface area (Å²) in [5, 5.41) is 5.89. The monoisotopic (exact) mass is 484 g/mol. The predicted molar refractivity (Wildman–Crippen MR) is 117 cm³/mol. The van der Waals surface area contributed by atoms with Gasteiger partial charge in [-0.05, 0) is 57.5 Å². The summed E-state index contributed by atoms with van der Waals surface area (Å²) in [6.45, 7) is 6.91. The second-order valence-corrected chi connectivity index (χ2v) is 8.57. The molecule has 0 aliphatic rings. The fourth-order valence-electron chi connectivity index (χ4n) is 3.06. The Hall–Kier alpha value is -3.50. The first-order valence-electron chi connectivity index (χ1n) is 10.1. The summed E-state index contributed by atoms with van der Waals surface area (Å²) in [7, 11) is 0. The van der Waals surface area contributed by atoms with Crippen LogP contribution in [0.25, 0.3) is 11.3 Å². The van der Waals surface area contributed by atoms with Crippen molar-refractivity contribution in [2.24, 2.45) is 0 Å². The van der Waals surface area contributed by atoms with Gasteiger partial charge in [-0.25, -0.2) is 4.98 Å². The highest BCUT2D eigenvalue weighted by Crippen LogP contribution is 2.35. The second kappa shape index (κ2) is 9.03. The highest BCUT2D eigenvalue weighted by molar-refractivity contribution is 5.69. The molecule has 3 rings (SSSR count). The van der Waals surface area contributed by atoms with E-state index < -0.39 is 29.4 Å². The SMILES string of the molecule is Cc1ccc(Nc2cc(-c3cccc(OC(F)(F)F)c3)nc(NC(C)(C)C)n2)cc1C(F)(F)F. The maximum atomic E-state index is 13.3. The molecule has 1 aromatic heterocycles. The molecule has 2 N–H and O–H groups in total. The first-order chi connectivity index (χ1) is 15.6. The number of nitrogens with zero attached hydrogens (tertiary/aromatic N) is 2. The van der Waals surface area contributed by atoms with E-state index in [9.17, 15) is 26.3 Å². The van der Waals surface area contributed by atoms with E-state index >= 15 is 0 Å². The van der Waals surface area contributed by atoms with Crippen LogP contribution in [-0.2, 0) is 6.18 Å². The predicted octanol–water partition coefficient (Wildman–Crippen LogP) is 7.32. The largest absolute Gasteiger partial charge is 0.573 e. The number of alkyl halides is 6. The van der Waals surface area contributed by atoms with Crippen molar-refractivity contribution in [1.29, 1.82) is 0 Å². The minimum absolute atomic E-state index is 0.0676. The van der Waals surface area contributed by atoms with E-state index in [-0.39, 0.29) is 28.7 Å². The van der Waals surface area contributed by atoms with Crippen molar-refractivity contribution in [3.8, 4) is 17.0 Å². The Kier molecular flexibility index (Phi) is 6.68. The lowest BCUT2D eigenvalue weighted by Crippen LogP contribution is -2.27. The molecule has 0 spiro atoms. The van der Waals surface area contributed by atoms with E-state index in [1.807, 2.05) is 20.8 Å². The van der Waals surface area contributed by atoms with Crippen molar-refractivity contribution in [1.82, 2.24) is 9.97 Å². The fraction of sp³-hybridized carbons (Fsp3) is 0.304. The van der Waals surface area contributed by atoms with Gasteiger partial charge in [0.15, 0.2) is 0 Å². The van der Waals surface area contributed by atoms with Gasteiger partial charge in [0, 0.05) is 22.9 Å². The molecule has 0 atom stereocenters. The number of halogens is 6. The number of anilines is 3. The number of hydrogen-bond acceptors (Lipinski definition) is 5. The lowest BCUT2D eigenvalue weighted by atomic mass is 10.1. The van der Waals surface area contributed by atoms with Crippen molar-refractivity contribution in [2.75, 3.05) is 10.6 Å². The van der Waals surface area contributed by atoms with Gasteiger partial charge >= 0.3 is 12.5 Å². The molecule has 182 valence electrons. The van der Waals surface area contributed by atoms with Crippen LogP contribution in [-0.4, -0.2) is 21.9 Å². The molecule has 0 bridgehead atoms. The van der Waals surface area contributed by atoms with E-state index in [1.165, 1.54) is 37.3 Å². The van der Waals surface area contributed by atoms with Crippen molar-refractivity contribution in [2.45, 2.75) is 45.8 Å². The van der Waals surface area contributed by atoms with Crippen LogP contribution in [0.3, 0.4) is 0 Å². The molecule has 0 amide bonds. The summed E-state index contributed by atoms with van der Waals surface area (Å²) < 4.78 is 81.8. The van der Waals surface area contributed by atoms with Gasteiger partial charge < -0.3 is 15.4 Å². The second-order valence-electron chi connectivity index (χ2n) is 8.57. The highest BCUT2D eigenvalue weighted by Gasteiger charge is 2.33. The zero-order chi connectivity index (χ0) is 25.3. The first-order valence-corrected chi connectivity index (χ1v) is 10.1. The molecule has 1 heterocycles. The average molecular weight is 484 g/mol. The van der Waals surface area contributed by atoms with Crippen LogP contribution in [0.4, 0.5) is 43.8 Å². The highest BCUT2D eigenvalue weighted by atomic mass is 19.4. The lowest BCUT2D eigenvalue weighted by molar-refractivity contribution is -0.274. The van der Waals surface area contributed by atoms with E-state index in [2.05, 4.69) is 25.3 Å². The summed E-state index contributed by atoms with van der Waals surface area (Å²) in [6, 6.07) is 10.4. The van der Waals surface area contributed by atoms with E-state index in [4.69, 9.17) is 0 Å². The maximum absolute atomic E-state index is 13.3. The Morgan fingerprint density at radius 3 is 2.18 bits per heavy atom. The van der Waals surface area contributed by atoms with Gasteiger partial charge in [0.05, 0.1) is 11.3 Å². The average Bonchev–Trinajstić information content (AvgIpc) is 2.66. The van der Waals surface area contributed by atoms with Crippen molar-refractivity contribution >= 4 is 17.5 Å². The molecule has 0 saturated carbocycles. The zero-order valence-corrected chi connectivity index (χ0v) is 18.7. The van der Waals surface area contributed by atoms with Crippen LogP contribution in [0.5, 0.6) is 5.75 Å². The van der Waals surface area contributed by atoms with Crippen LogP contribution in [0, 0.1) is 6.92 Å². The Balaban J connectivity index is 2.03. The first kappa shape index (κ1) is 25.1. The quantitative estimate of drug-likeness (QED) is 0.372. The van der Waals surface area contributed by atoms with Gasteiger partial charge in [0.1, 0.15) is 11.6 Å². The standard InChI is InChI=1S/C23H22F6N4O/c1-13-8-9-15(11-17(13)22(24,25)26)30-19-12-18(31-20(32-19)33-21(2,3)4)14-6-5-7-16(10-14)34-23(27,28)29/h5-12H,1-4H3,(H2,30,31,32,33). The maximum Gasteiger partial charge on any atom is 0.573 e. The third kappa shape index (κ3) is 7.00. The summed E-state index contributed by atoms with van der Waals surface area (Å²) in [5.41, 5.74) is -0.526. The van der Waals surface area contributed by atoms with Gasteiger partial charge in [-0.3, -0.25) is 0 Å². The number of aromatic nitrogens is 2. The summed E-state index contributed by atoms with van der Waals surface area (Å²) in [6.07, 6.45) is -9.39. The molecule has 0 aliphatic heterocycles. The smallest absolute Gasteiger partial charge is 0.406 e. The normalized spacial score (nSPS) is 12.4. The number of ether oxygens (including phenoxy) is 1. The van der Waals surface area contributed by atoms with Crippen LogP contribution in [0.2, 0.25) is 0 Å². The van der Waals surface area contributed by atoms with Gasteiger partial charge in [-0.1, -0.05) is 18.2 Å². The van der Waals surface area contributed by atoms with E-state index in [0.717, 1.165) is 18.2 Å². The minimum Gasteiger partial charge on any atom is -0.406 e. The summed E-state index contributed by atoms with van der Waals surface area (Å²) in [4.78, 5) is 8.67. The van der Waals surface area contributed by atoms with Crippen LogP contribution in [0.1, 0.15) is 31.9 Å². The van der Waals surface area contributed by atoms with Crippen LogP contribution in [0.15, 0.2) is 48.5 Å². The van der Waals surface area contributed by atoms with Crippen LogP contribution < -0.4 is 15.4 Å². The molecular weight excluding hydrogens is 462 g/mol. The molecule has 2 aromatic carbocycles. The molecule has 11 heteroatoms. The van der Waals surface area contributed by atoms with E-state index in [0.29, 0.717) is 5.56 Å². The number of nitrogens with one attached hydrogen (secondary N) is 2. The van der Waals surface area contributed by atoms with E-state index in [1.54, 1.807) is 0 Å². The number of aryl methyl sites for hydroxylation is 1. The lowest BCUT2D eigenvalue weighted by Gasteiger charge is -2.21. The Bertz CT molecular complexity index is 1170. The Labute approximate surface area is 192 Å². The Morgan fingerprint density at radius 1 is 0.853 bits per heavy atom. The third-order valence-electron chi connectivity index (χ3n) is 4.39. The van der Waals surface area contributed by atoms with Gasteiger partial charge in [0.25, 0.3) is 0 Å². The molecule has 3 aromatic rings. The molecule has 34 heavy (non-hydrogen) atoms. The number of benzene rings is 2. The molecule has 0 aliphatic carbocycles. The van der Waals surface area contributed by atoms with Gasteiger partial charge in [-0.2, -0.15) is 18.2 Å². The molecule has 0 radical (unpaired) electrons. The van der Waals surface area contributed by atoms with Gasteiger partial charge in [-0.15, -0.1) is 13.2 Å². The number of rotatable bonds is 5. The van der Waals surface area contributed by atoms with Gasteiger partial charge in [0.2, 0.25) is 5.95 Å². The minimum atomic E-state index is -4.86. The third-order valence-corrected chi connectivity index (χ3v) is 4.39. The fourth-order valence-corrected chi connectivity index (χ4v) is 3.06. The summed E-state index contributed by atoms with van der Waals surface area (Å²) >= 11 is 0.